The van der Waals surface area contributed by atoms with Gasteiger partial charge in [0.1, 0.15) is 0 Å². The van der Waals surface area contributed by atoms with Crippen LogP contribution < -0.4 is 0 Å². The van der Waals surface area contributed by atoms with E-state index in [0.29, 0.717) is 0 Å². The second-order valence-electron chi connectivity index (χ2n) is 0.716. The van der Waals surface area contributed by atoms with Crippen molar-refractivity contribution < 1.29 is 0 Å². The maximum absolute atomic E-state index is 3.61. The Morgan fingerprint density at radius 2 is 2.00 bits per heavy atom. The van der Waals surface area contributed by atoms with E-state index in [4.69, 9.17) is 0 Å². The maximum atomic E-state index is 3.61. The molecule has 1 nitrogen and oxygen atoms in total. The lowest BCUT2D eigenvalue weighted by Crippen LogP contribution is -1.52. The molecule has 0 saturated carbocycles. The summed E-state index contributed by atoms with van der Waals surface area (Å²) in [6, 6.07) is 0. The molecular weight excluding hydrogens is 74.1 g/mol. The van der Waals surface area contributed by atoms with Crippen molar-refractivity contribution in [2.75, 3.05) is 0 Å². The molecule has 0 aromatic heterocycles. The van der Waals surface area contributed by atoms with Crippen molar-refractivity contribution in [3.8, 4) is 0 Å². The standard InChI is InChI=1S/C5H7N/c1-3-5-6-4-2/h3-5H,1-2H2/b6-5+. The molecule has 0 unspecified atom stereocenters. The van der Waals surface area contributed by atoms with E-state index < -0.39 is 0 Å². The van der Waals surface area contributed by atoms with Gasteiger partial charge in [-0.2, -0.15) is 0 Å². The highest BCUT2D eigenvalue weighted by molar-refractivity contribution is 5.70. The van der Waals surface area contributed by atoms with E-state index in [0.717, 1.165) is 0 Å². The third-order valence-corrected chi connectivity index (χ3v) is 0.297. The van der Waals surface area contributed by atoms with Crippen molar-refractivity contribution in [3.05, 3.63) is 25.4 Å². The van der Waals surface area contributed by atoms with Crippen LogP contribution in [0.25, 0.3) is 0 Å². The SMILES string of the molecule is C=C/C=N/C=C. The average molecular weight is 81.1 g/mol. The lowest BCUT2D eigenvalue weighted by atomic mass is 10.7. The summed E-state index contributed by atoms with van der Waals surface area (Å²) in [4.78, 5) is 3.61. The van der Waals surface area contributed by atoms with E-state index in [1.54, 1.807) is 12.3 Å². The van der Waals surface area contributed by atoms with E-state index in [-0.39, 0.29) is 0 Å². The van der Waals surface area contributed by atoms with Gasteiger partial charge in [0.05, 0.1) is 0 Å². The van der Waals surface area contributed by atoms with Crippen LogP contribution in [0.15, 0.2) is 30.4 Å². The van der Waals surface area contributed by atoms with Crippen LogP contribution in [0.3, 0.4) is 0 Å². The van der Waals surface area contributed by atoms with Gasteiger partial charge in [0.2, 0.25) is 0 Å². The predicted molar refractivity (Wildman–Crippen MR) is 28.9 cm³/mol. The van der Waals surface area contributed by atoms with Gasteiger partial charge in [-0.15, -0.1) is 0 Å². The first kappa shape index (κ1) is 5.15. The Kier molecular flexibility index (Phi) is 3.56. The minimum Gasteiger partial charge on any atom is -0.265 e. The summed E-state index contributed by atoms with van der Waals surface area (Å²) >= 11 is 0. The predicted octanol–water partition coefficient (Wildman–Crippen LogP) is 1.39. The molecule has 0 amide bonds. The smallest absolute Gasteiger partial charge is 0.0261 e. The van der Waals surface area contributed by atoms with Crippen LogP contribution in [0.5, 0.6) is 0 Å². The topological polar surface area (TPSA) is 12.4 Å². The molecule has 0 aromatic rings. The van der Waals surface area contributed by atoms with Crippen molar-refractivity contribution in [1.29, 1.82) is 0 Å². The lowest BCUT2D eigenvalue weighted by Gasteiger charge is -1.62. The van der Waals surface area contributed by atoms with Gasteiger partial charge in [-0.3, -0.25) is 4.99 Å². The van der Waals surface area contributed by atoms with Crippen molar-refractivity contribution in [1.82, 2.24) is 0 Å². The van der Waals surface area contributed by atoms with Gasteiger partial charge in [0.15, 0.2) is 0 Å². The Labute approximate surface area is 37.7 Å². The number of hydrogen-bond donors (Lipinski definition) is 0. The average Bonchev–Trinajstić information content (AvgIpc) is 1.61. The fourth-order valence-corrected chi connectivity index (χ4v) is 0.122. The molecule has 0 fully saturated rings. The van der Waals surface area contributed by atoms with Gasteiger partial charge in [-0.1, -0.05) is 19.2 Å². The van der Waals surface area contributed by atoms with Gasteiger partial charge >= 0.3 is 0 Å². The van der Waals surface area contributed by atoms with Crippen LogP contribution in [-0.4, -0.2) is 6.21 Å². The first-order valence-electron chi connectivity index (χ1n) is 1.67. The lowest BCUT2D eigenvalue weighted by molar-refractivity contribution is 1.63. The second-order valence-corrected chi connectivity index (χ2v) is 0.716. The summed E-state index contributed by atoms with van der Waals surface area (Å²) in [7, 11) is 0. The number of allylic oxidation sites excluding steroid dienone is 1. The monoisotopic (exact) mass is 81.1 g/mol. The molecule has 32 valence electrons. The second kappa shape index (κ2) is 4.15. The molecule has 0 aliphatic carbocycles. The summed E-state index contributed by atoms with van der Waals surface area (Å²) in [6.45, 7) is 6.75. The summed E-state index contributed by atoms with van der Waals surface area (Å²) < 4.78 is 0. The van der Waals surface area contributed by atoms with Gasteiger partial charge in [0, 0.05) is 12.4 Å². The molecule has 0 heterocycles. The molecule has 0 spiro atoms. The van der Waals surface area contributed by atoms with Gasteiger partial charge < -0.3 is 0 Å². The largest absolute Gasteiger partial charge is 0.265 e. The molecule has 0 aliphatic rings. The Bertz CT molecular complexity index is 62.0. The molecule has 0 saturated heterocycles. The van der Waals surface area contributed by atoms with Gasteiger partial charge in [0.25, 0.3) is 0 Å². The van der Waals surface area contributed by atoms with E-state index in [1.807, 2.05) is 0 Å². The zero-order valence-electron chi connectivity index (χ0n) is 3.59. The minimum atomic E-state index is 1.46. The zero-order chi connectivity index (χ0) is 4.83. The molecule has 0 radical (unpaired) electrons. The third-order valence-electron chi connectivity index (χ3n) is 0.297. The van der Waals surface area contributed by atoms with Crippen LogP contribution >= 0.6 is 0 Å². The Balaban J connectivity index is 3.17. The highest BCUT2D eigenvalue weighted by Crippen LogP contribution is 1.61. The van der Waals surface area contributed by atoms with Crippen LogP contribution in [0.2, 0.25) is 0 Å². The quantitative estimate of drug-likeness (QED) is 0.445. The summed E-state index contributed by atoms with van der Waals surface area (Å²) in [6.07, 6.45) is 4.64. The van der Waals surface area contributed by atoms with E-state index in [2.05, 4.69) is 18.2 Å². The fraction of sp³-hybridized carbons (Fsp3) is 0. The van der Waals surface area contributed by atoms with Crippen LogP contribution in [-0.2, 0) is 0 Å². The Morgan fingerprint density at radius 3 is 2.17 bits per heavy atom. The van der Waals surface area contributed by atoms with Crippen molar-refractivity contribution in [2.24, 2.45) is 4.99 Å². The van der Waals surface area contributed by atoms with Crippen LogP contribution in [0.4, 0.5) is 0 Å². The fourth-order valence-electron chi connectivity index (χ4n) is 0.122. The Morgan fingerprint density at radius 1 is 1.33 bits per heavy atom. The van der Waals surface area contributed by atoms with E-state index in [1.165, 1.54) is 6.20 Å². The molecule has 0 atom stereocenters. The first-order valence-corrected chi connectivity index (χ1v) is 1.67. The molecule has 0 N–H and O–H groups in total. The van der Waals surface area contributed by atoms with Gasteiger partial charge in [-0.05, 0) is 0 Å². The highest BCUT2D eigenvalue weighted by Gasteiger charge is 1.47. The number of aliphatic imine (C=N–C) groups is 1. The van der Waals surface area contributed by atoms with Crippen molar-refractivity contribution >= 4 is 6.21 Å². The van der Waals surface area contributed by atoms with Crippen LogP contribution in [0.1, 0.15) is 0 Å². The number of rotatable bonds is 2. The van der Waals surface area contributed by atoms with E-state index >= 15 is 0 Å². The minimum absolute atomic E-state index is 1.46. The normalized spacial score (nSPS) is 8.67. The molecular formula is C5H7N. The molecule has 0 rings (SSSR count). The van der Waals surface area contributed by atoms with Gasteiger partial charge in [-0.25, -0.2) is 0 Å². The highest BCUT2D eigenvalue weighted by atomic mass is 14.6. The molecule has 0 bridgehead atoms. The molecule has 1 heteroatoms. The summed E-state index contributed by atoms with van der Waals surface area (Å²) in [5.41, 5.74) is 0. The number of nitrogens with zero attached hydrogens (tertiary/aromatic N) is 1. The number of hydrogen-bond acceptors (Lipinski definition) is 1. The summed E-state index contributed by atoms with van der Waals surface area (Å²) in [5, 5.41) is 0. The first-order chi connectivity index (χ1) is 2.91. The third kappa shape index (κ3) is 3.15. The van der Waals surface area contributed by atoms with E-state index in [9.17, 15) is 0 Å². The summed E-state index contributed by atoms with van der Waals surface area (Å²) in [5.74, 6) is 0. The molecule has 6 heavy (non-hydrogen) atoms. The zero-order valence-corrected chi connectivity index (χ0v) is 3.59. The maximum Gasteiger partial charge on any atom is 0.0261 e. The van der Waals surface area contributed by atoms with Crippen molar-refractivity contribution in [2.45, 2.75) is 0 Å². The van der Waals surface area contributed by atoms with Crippen molar-refractivity contribution in [3.63, 3.8) is 0 Å². The molecule has 0 aliphatic heterocycles. The van der Waals surface area contributed by atoms with Crippen LogP contribution in [0, 0.1) is 0 Å². The Hall–Kier alpha value is -0.850. The molecule has 0 aromatic carbocycles.